The van der Waals surface area contributed by atoms with Crippen molar-refractivity contribution in [3.05, 3.63) is 41.5 Å². The number of nitrogens with zero attached hydrogens (tertiary/aromatic N) is 5. The highest BCUT2D eigenvalue weighted by Crippen LogP contribution is 2.35. The lowest BCUT2D eigenvalue weighted by Gasteiger charge is -2.28. The largest absolute Gasteiger partial charge is 0.433 e. The van der Waals surface area contributed by atoms with Crippen molar-refractivity contribution in [2.75, 3.05) is 29.1 Å². The quantitative estimate of drug-likeness (QED) is 0.629. The predicted molar refractivity (Wildman–Crippen MR) is 113 cm³/mol. The van der Waals surface area contributed by atoms with Crippen LogP contribution in [0.15, 0.2) is 24.4 Å². The number of nitrogen functional groups attached to an aromatic ring is 1. The number of anilines is 3. The summed E-state index contributed by atoms with van der Waals surface area (Å²) in [4.78, 5) is 10.6. The molecular formula is C21H22F3N7O. The molecule has 168 valence electrons. The van der Waals surface area contributed by atoms with Crippen LogP contribution in [-0.2, 0) is 10.9 Å². The summed E-state index contributed by atoms with van der Waals surface area (Å²) in [6, 6.07) is 3.90. The minimum Gasteiger partial charge on any atom is -0.399 e. The topological polar surface area (TPSA) is 102 Å². The summed E-state index contributed by atoms with van der Waals surface area (Å²) in [5.41, 5.74) is 5.54. The summed E-state index contributed by atoms with van der Waals surface area (Å²) in [6.45, 7) is 5.01. The molecule has 3 atom stereocenters. The van der Waals surface area contributed by atoms with Crippen LogP contribution in [0, 0.1) is 6.92 Å². The van der Waals surface area contributed by atoms with Gasteiger partial charge in [0.25, 0.3) is 0 Å². The van der Waals surface area contributed by atoms with E-state index in [9.17, 15) is 13.2 Å². The van der Waals surface area contributed by atoms with Crippen LogP contribution in [0.25, 0.3) is 10.8 Å². The number of morpholine rings is 1. The van der Waals surface area contributed by atoms with E-state index in [1.165, 1.54) is 6.07 Å². The van der Waals surface area contributed by atoms with E-state index < -0.39 is 17.9 Å². The number of nitrogens with one attached hydrogen (secondary N) is 1. The first kappa shape index (κ1) is 20.7. The molecule has 0 amide bonds. The third-order valence-electron chi connectivity index (χ3n) is 5.98. The van der Waals surface area contributed by atoms with Crippen LogP contribution < -0.4 is 16.0 Å². The van der Waals surface area contributed by atoms with Crippen LogP contribution in [0.5, 0.6) is 0 Å². The van der Waals surface area contributed by atoms with E-state index in [-0.39, 0.29) is 17.5 Å². The number of pyridine rings is 2. The Morgan fingerprint density at radius 3 is 2.72 bits per heavy atom. The minimum atomic E-state index is -4.58. The number of alkyl halides is 3. The number of aryl methyl sites for hydroxylation is 1. The third-order valence-corrected chi connectivity index (χ3v) is 5.98. The van der Waals surface area contributed by atoms with Gasteiger partial charge in [-0.2, -0.15) is 18.3 Å². The molecule has 3 N–H and O–H groups in total. The van der Waals surface area contributed by atoms with E-state index in [2.05, 4.69) is 30.4 Å². The first-order valence-corrected chi connectivity index (χ1v) is 10.3. The summed E-state index contributed by atoms with van der Waals surface area (Å²) < 4.78 is 45.2. The monoisotopic (exact) mass is 445 g/mol. The van der Waals surface area contributed by atoms with Gasteiger partial charge in [0.05, 0.1) is 36.2 Å². The molecular weight excluding hydrogens is 423 g/mol. The van der Waals surface area contributed by atoms with Crippen molar-refractivity contribution in [2.24, 2.45) is 0 Å². The molecule has 0 aliphatic carbocycles. The highest BCUT2D eigenvalue weighted by molar-refractivity contribution is 5.94. The van der Waals surface area contributed by atoms with Gasteiger partial charge in [0, 0.05) is 29.2 Å². The van der Waals surface area contributed by atoms with Crippen molar-refractivity contribution in [2.45, 2.75) is 44.6 Å². The lowest BCUT2D eigenvalue weighted by molar-refractivity contribution is -0.141. The van der Waals surface area contributed by atoms with E-state index >= 15 is 0 Å². The van der Waals surface area contributed by atoms with Crippen molar-refractivity contribution in [1.82, 2.24) is 20.2 Å². The molecule has 2 aliphatic heterocycles. The maximum Gasteiger partial charge on any atom is 0.433 e. The number of aromatic nitrogens is 4. The van der Waals surface area contributed by atoms with Crippen molar-refractivity contribution < 1.29 is 17.9 Å². The van der Waals surface area contributed by atoms with E-state index in [0.717, 1.165) is 35.6 Å². The Hall–Kier alpha value is -3.21. The summed E-state index contributed by atoms with van der Waals surface area (Å²) in [5.74, 6) is 1.26. The van der Waals surface area contributed by atoms with Gasteiger partial charge in [-0.1, -0.05) is 0 Å². The molecule has 5 heterocycles. The Morgan fingerprint density at radius 1 is 1.22 bits per heavy atom. The van der Waals surface area contributed by atoms with Crippen LogP contribution in [0.4, 0.5) is 30.5 Å². The molecule has 2 aliphatic rings. The molecule has 3 aromatic rings. The lowest BCUT2D eigenvalue weighted by atomic mass is 10.1. The van der Waals surface area contributed by atoms with Crippen molar-refractivity contribution in [3.63, 3.8) is 0 Å². The molecule has 8 nitrogen and oxygen atoms in total. The molecule has 3 aromatic heterocycles. The summed E-state index contributed by atoms with van der Waals surface area (Å²) in [5, 5.41) is 13.2. The third kappa shape index (κ3) is 3.66. The van der Waals surface area contributed by atoms with Gasteiger partial charge in [0.2, 0.25) is 0 Å². The summed E-state index contributed by atoms with van der Waals surface area (Å²) in [6.07, 6.45) is -1.61. The van der Waals surface area contributed by atoms with Crippen molar-refractivity contribution in [3.8, 4) is 0 Å². The maximum atomic E-state index is 13.2. The van der Waals surface area contributed by atoms with Crippen molar-refractivity contribution >= 4 is 28.1 Å². The lowest BCUT2D eigenvalue weighted by Crippen LogP contribution is -2.37. The Morgan fingerprint density at radius 2 is 2.03 bits per heavy atom. The highest BCUT2D eigenvalue weighted by Gasteiger charge is 2.39. The van der Waals surface area contributed by atoms with Gasteiger partial charge in [0.1, 0.15) is 11.5 Å². The number of hydrogen-bond donors (Lipinski definition) is 2. The van der Waals surface area contributed by atoms with Crippen molar-refractivity contribution in [1.29, 1.82) is 0 Å². The Bertz CT molecular complexity index is 1190. The van der Waals surface area contributed by atoms with Gasteiger partial charge in [-0.25, -0.2) is 9.97 Å². The zero-order valence-electron chi connectivity index (χ0n) is 17.5. The fraction of sp³-hybridized carbons (Fsp3) is 0.429. The number of fused-ring (bicyclic) bond motifs is 3. The fourth-order valence-corrected chi connectivity index (χ4v) is 4.33. The minimum absolute atomic E-state index is 0.00591. The number of rotatable bonds is 4. The smallest absolute Gasteiger partial charge is 0.399 e. The molecule has 0 radical (unpaired) electrons. The maximum absolute atomic E-state index is 13.2. The van der Waals surface area contributed by atoms with Crippen LogP contribution in [0.1, 0.15) is 36.5 Å². The predicted octanol–water partition coefficient (Wildman–Crippen LogP) is 3.48. The number of hydrogen-bond acceptors (Lipinski definition) is 8. The zero-order chi connectivity index (χ0) is 22.6. The summed E-state index contributed by atoms with van der Waals surface area (Å²) >= 11 is 0. The van der Waals surface area contributed by atoms with Crippen LogP contribution in [-0.4, -0.2) is 45.5 Å². The van der Waals surface area contributed by atoms with Gasteiger partial charge in [-0.3, -0.25) is 0 Å². The molecule has 5 rings (SSSR count). The molecule has 2 fully saturated rings. The standard InChI is InChI=1S/C21H22F3N7O/c1-10-16-7-26-19(31-8-14-5-13(31)9-32-14)6-15(16)20(30-29-10)27-11(2)17-3-12(25)4-18(28-17)21(22,23)24/h3-4,6-7,11,13-14H,5,8-9H2,1-2H3,(H2,25,28)(H,27,30)/t11-,13-,14-/m1/s1. The molecule has 0 saturated carbocycles. The molecule has 2 bridgehead atoms. The normalized spacial score (nSPS) is 21.3. The number of nitrogens with two attached hydrogens (primary N) is 1. The average molecular weight is 445 g/mol. The Kier molecular flexibility index (Phi) is 4.81. The second-order valence-corrected chi connectivity index (χ2v) is 8.29. The molecule has 2 saturated heterocycles. The van der Waals surface area contributed by atoms with E-state index in [1.807, 2.05) is 13.0 Å². The second-order valence-electron chi connectivity index (χ2n) is 8.29. The molecule has 11 heteroatoms. The zero-order valence-corrected chi connectivity index (χ0v) is 17.5. The van der Waals surface area contributed by atoms with Gasteiger partial charge in [-0.15, -0.1) is 5.10 Å². The van der Waals surface area contributed by atoms with E-state index in [1.54, 1.807) is 13.1 Å². The van der Waals surface area contributed by atoms with Gasteiger partial charge < -0.3 is 20.7 Å². The first-order chi connectivity index (χ1) is 15.2. The molecule has 0 aromatic carbocycles. The van der Waals surface area contributed by atoms with E-state index in [0.29, 0.717) is 24.2 Å². The molecule has 0 spiro atoms. The van der Waals surface area contributed by atoms with Crippen LogP contribution in [0.2, 0.25) is 0 Å². The molecule has 32 heavy (non-hydrogen) atoms. The van der Waals surface area contributed by atoms with E-state index in [4.69, 9.17) is 10.5 Å². The van der Waals surface area contributed by atoms with Gasteiger partial charge in [0.15, 0.2) is 5.82 Å². The highest BCUT2D eigenvalue weighted by atomic mass is 19.4. The number of halogens is 3. The SMILES string of the molecule is Cc1nnc(N[C@H](C)c2cc(N)cc(C(F)(F)F)n2)c2cc(N3C[C@H]4C[C@@H]3CO4)ncc12. The Balaban J connectivity index is 1.49. The van der Waals surface area contributed by atoms with Crippen LogP contribution in [0.3, 0.4) is 0 Å². The first-order valence-electron chi connectivity index (χ1n) is 10.3. The molecule has 0 unspecified atom stereocenters. The van der Waals surface area contributed by atoms with Gasteiger partial charge in [-0.05, 0) is 38.5 Å². The summed E-state index contributed by atoms with van der Waals surface area (Å²) in [7, 11) is 0. The second kappa shape index (κ2) is 7.44. The fourth-order valence-electron chi connectivity index (χ4n) is 4.33. The number of ether oxygens (including phenoxy) is 1. The van der Waals surface area contributed by atoms with Crippen LogP contribution >= 0.6 is 0 Å². The average Bonchev–Trinajstić information content (AvgIpc) is 3.38. The van der Waals surface area contributed by atoms with Gasteiger partial charge >= 0.3 is 6.18 Å². The Labute approximate surface area is 182 Å².